The summed E-state index contributed by atoms with van der Waals surface area (Å²) in [7, 11) is 0. The second kappa shape index (κ2) is 6.14. The maximum Gasteiger partial charge on any atom is 0.210 e. The first-order chi connectivity index (χ1) is 11.2. The third-order valence-corrected chi connectivity index (χ3v) is 5.87. The predicted octanol–water partition coefficient (Wildman–Crippen LogP) is 3.94. The lowest BCUT2D eigenvalue weighted by Gasteiger charge is -2.01. The van der Waals surface area contributed by atoms with Gasteiger partial charge in [0.15, 0.2) is 5.82 Å². The highest BCUT2D eigenvalue weighted by Crippen LogP contribution is 2.39. The number of nitrogen functional groups attached to an aromatic ring is 1. The van der Waals surface area contributed by atoms with Crippen molar-refractivity contribution in [1.82, 2.24) is 19.9 Å². The van der Waals surface area contributed by atoms with Crippen molar-refractivity contribution in [3.05, 3.63) is 46.2 Å². The molecule has 0 atom stereocenters. The average molecular weight is 364 g/mol. The Labute approximate surface area is 146 Å². The van der Waals surface area contributed by atoms with E-state index in [1.54, 1.807) is 27.8 Å². The van der Waals surface area contributed by atoms with E-state index in [-0.39, 0.29) is 0 Å². The number of aromatic nitrogens is 4. The minimum absolute atomic E-state index is 0.493. The van der Waals surface area contributed by atoms with Crippen LogP contribution in [0, 0.1) is 0 Å². The van der Waals surface area contributed by atoms with Gasteiger partial charge in [-0.3, -0.25) is 0 Å². The second-order valence-corrected chi connectivity index (χ2v) is 7.61. The van der Waals surface area contributed by atoms with Gasteiger partial charge in [0.05, 0.1) is 10.7 Å². The van der Waals surface area contributed by atoms with E-state index in [0.717, 1.165) is 45.1 Å². The standard InChI is InChI=1S/C15H14ClN5S2/c16-12-4-2-1-3-11(12)14-18-10(7-22-14)8-23-15-20-19-13(21(15)17)9-5-6-9/h1-4,7,9H,5-6,8,17H2. The van der Waals surface area contributed by atoms with E-state index in [0.29, 0.717) is 11.7 Å². The Hall–Kier alpha value is -1.57. The van der Waals surface area contributed by atoms with Gasteiger partial charge in [-0.05, 0) is 18.9 Å². The predicted molar refractivity (Wildman–Crippen MR) is 94.3 cm³/mol. The molecule has 1 fully saturated rings. The molecule has 118 valence electrons. The fourth-order valence-electron chi connectivity index (χ4n) is 2.28. The number of hydrogen-bond donors (Lipinski definition) is 1. The lowest BCUT2D eigenvalue weighted by atomic mass is 10.2. The normalized spacial score (nSPS) is 14.3. The van der Waals surface area contributed by atoms with Crippen molar-refractivity contribution in [3.8, 4) is 10.6 Å². The summed E-state index contributed by atoms with van der Waals surface area (Å²) in [5, 5.41) is 12.8. The van der Waals surface area contributed by atoms with Gasteiger partial charge in [0, 0.05) is 22.6 Å². The zero-order valence-electron chi connectivity index (χ0n) is 12.1. The van der Waals surface area contributed by atoms with Crippen LogP contribution in [0.2, 0.25) is 5.02 Å². The van der Waals surface area contributed by atoms with E-state index >= 15 is 0 Å². The van der Waals surface area contributed by atoms with E-state index in [4.69, 9.17) is 17.4 Å². The van der Waals surface area contributed by atoms with Crippen LogP contribution in [-0.2, 0) is 5.75 Å². The van der Waals surface area contributed by atoms with Crippen LogP contribution in [-0.4, -0.2) is 19.9 Å². The van der Waals surface area contributed by atoms with Crippen LogP contribution in [0.15, 0.2) is 34.8 Å². The quantitative estimate of drug-likeness (QED) is 0.549. The molecule has 0 aliphatic heterocycles. The summed E-state index contributed by atoms with van der Waals surface area (Å²) in [4.78, 5) is 4.66. The average Bonchev–Trinajstić information content (AvgIpc) is 3.17. The third kappa shape index (κ3) is 3.08. The topological polar surface area (TPSA) is 69.6 Å². The van der Waals surface area contributed by atoms with E-state index in [1.807, 2.05) is 29.6 Å². The second-order valence-electron chi connectivity index (χ2n) is 5.40. The SMILES string of the molecule is Nn1c(SCc2csc(-c3ccccc3Cl)n2)nnc1C1CC1. The Balaban J connectivity index is 1.47. The summed E-state index contributed by atoms with van der Waals surface area (Å²) < 4.78 is 1.61. The number of rotatable bonds is 5. The summed E-state index contributed by atoms with van der Waals surface area (Å²) in [6, 6.07) is 7.74. The van der Waals surface area contributed by atoms with Gasteiger partial charge in [0.1, 0.15) is 5.01 Å². The molecule has 0 saturated heterocycles. The van der Waals surface area contributed by atoms with Gasteiger partial charge in [-0.1, -0.05) is 41.6 Å². The van der Waals surface area contributed by atoms with Crippen LogP contribution >= 0.6 is 34.7 Å². The first-order valence-corrected chi connectivity index (χ1v) is 9.49. The van der Waals surface area contributed by atoms with E-state index < -0.39 is 0 Å². The highest BCUT2D eigenvalue weighted by atomic mass is 35.5. The fraction of sp³-hybridized carbons (Fsp3) is 0.267. The van der Waals surface area contributed by atoms with Crippen molar-refractivity contribution in [2.45, 2.75) is 29.7 Å². The first kappa shape index (κ1) is 15.0. The maximum absolute atomic E-state index is 6.22. The molecular formula is C15H14ClN5S2. The molecule has 8 heteroatoms. The maximum atomic E-state index is 6.22. The van der Waals surface area contributed by atoms with Gasteiger partial charge >= 0.3 is 0 Å². The molecule has 0 unspecified atom stereocenters. The molecule has 0 radical (unpaired) electrons. The van der Waals surface area contributed by atoms with Crippen molar-refractivity contribution in [1.29, 1.82) is 0 Å². The fourth-order valence-corrected chi connectivity index (χ4v) is 4.28. The van der Waals surface area contributed by atoms with Gasteiger partial charge in [-0.15, -0.1) is 21.5 Å². The first-order valence-electron chi connectivity index (χ1n) is 7.25. The van der Waals surface area contributed by atoms with Crippen LogP contribution in [0.3, 0.4) is 0 Å². The Bertz CT molecular complexity index is 840. The van der Waals surface area contributed by atoms with Crippen LogP contribution in [0.4, 0.5) is 0 Å². The largest absolute Gasteiger partial charge is 0.336 e. The minimum atomic E-state index is 0.493. The Morgan fingerprint density at radius 3 is 2.91 bits per heavy atom. The van der Waals surface area contributed by atoms with Crippen molar-refractivity contribution >= 4 is 34.7 Å². The van der Waals surface area contributed by atoms with Gasteiger partial charge in [0.25, 0.3) is 0 Å². The van der Waals surface area contributed by atoms with Gasteiger partial charge in [0.2, 0.25) is 5.16 Å². The highest BCUT2D eigenvalue weighted by molar-refractivity contribution is 7.98. The van der Waals surface area contributed by atoms with Crippen molar-refractivity contribution in [2.24, 2.45) is 0 Å². The molecule has 0 spiro atoms. The van der Waals surface area contributed by atoms with Gasteiger partial charge < -0.3 is 5.84 Å². The summed E-state index contributed by atoms with van der Waals surface area (Å²) in [5.74, 6) is 8.15. The van der Waals surface area contributed by atoms with Crippen molar-refractivity contribution < 1.29 is 0 Å². The number of halogens is 1. The minimum Gasteiger partial charge on any atom is -0.336 e. The van der Waals surface area contributed by atoms with Gasteiger partial charge in [-0.2, -0.15) is 0 Å². The zero-order chi connectivity index (χ0) is 15.8. The van der Waals surface area contributed by atoms with E-state index in [9.17, 15) is 0 Å². The van der Waals surface area contributed by atoms with Crippen LogP contribution in [0.5, 0.6) is 0 Å². The van der Waals surface area contributed by atoms with Crippen LogP contribution in [0.25, 0.3) is 10.6 Å². The zero-order valence-corrected chi connectivity index (χ0v) is 14.5. The van der Waals surface area contributed by atoms with Crippen LogP contribution < -0.4 is 5.84 Å². The molecule has 1 aromatic carbocycles. The molecule has 0 bridgehead atoms. The molecule has 2 aromatic heterocycles. The lowest BCUT2D eigenvalue weighted by Crippen LogP contribution is -2.13. The number of nitrogens with two attached hydrogens (primary N) is 1. The number of benzene rings is 1. The summed E-state index contributed by atoms with van der Waals surface area (Å²) in [6.45, 7) is 0. The monoisotopic (exact) mass is 363 g/mol. The summed E-state index contributed by atoms with van der Waals surface area (Å²) in [6.07, 6.45) is 2.32. The van der Waals surface area contributed by atoms with Crippen molar-refractivity contribution in [2.75, 3.05) is 5.84 Å². The molecule has 1 aliphatic rings. The smallest absolute Gasteiger partial charge is 0.210 e. The van der Waals surface area contributed by atoms with Crippen molar-refractivity contribution in [3.63, 3.8) is 0 Å². The number of hydrogen-bond acceptors (Lipinski definition) is 6. The summed E-state index contributed by atoms with van der Waals surface area (Å²) >= 11 is 9.37. The molecule has 4 rings (SSSR count). The number of thiazole rings is 1. The molecule has 5 nitrogen and oxygen atoms in total. The number of nitrogens with zero attached hydrogens (tertiary/aromatic N) is 4. The van der Waals surface area contributed by atoms with Crippen LogP contribution in [0.1, 0.15) is 30.3 Å². The number of thioether (sulfide) groups is 1. The Kier molecular flexibility index (Phi) is 4.00. The molecule has 23 heavy (non-hydrogen) atoms. The molecule has 2 N–H and O–H groups in total. The molecule has 2 heterocycles. The Morgan fingerprint density at radius 1 is 1.30 bits per heavy atom. The van der Waals surface area contributed by atoms with Gasteiger partial charge in [-0.25, -0.2) is 9.66 Å². The van der Waals surface area contributed by atoms with E-state index in [2.05, 4.69) is 15.2 Å². The molecule has 1 aliphatic carbocycles. The highest BCUT2D eigenvalue weighted by Gasteiger charge is 2.29. The third-order valence-electron chi connectivity index (χ3n) is 3.64. The van der Waals surface area contributed by atoms with E-state index in [1.165, 1.54) is 0 Å². The lowest BCUT2D eigenvalue weighted by molar-refractivity contribution is 0.790. The molecule has 3 aromatic rings. The molecular weight excluding hydrogens is 350 g/mol. The molecule has 0 amide bonds. The Morgan fingerprint density at radius 2 is 2.13 bits per heavy atom. The molecule has 1 saturated carbocycles. The summed E-state index contributed by atoms with van der Waals surface area (Å²) in [5.41, 5.74) is 1.96.